The van der Waals surface area contributed by atoms with Crippen LogP contribution >= 0.6 is 0 Å². The number of carbonyl (C=O) groups is 2. The summed E-state index contributed by atoms with van der Waals surface area (Å²) in [4.78, 5) is 31.6. The van der Waals surface area contributed by atoms with Gasteiger partial charge in [-0.1, -0.05) is 24.3 Å². The first-order valence-corrected chi connectivity index (χ1v) is 6.97. The Morgan fingerprint density at radius 3 is 2.68 bits per heavy atom. The van der Waals surface area contributed by atoms with Crippen molar-refractivity contribution in [3.63, 3.8) is 0 Å². The lowest BCUT2D eigenvalue weighted by Crippen LogP contribution is -2.28. The summed E-state index contributed by atoms with van der Waals surface area (Å²) in [5, 5.41) is 12.2. The van der Waals surface area contributed by atoms with Gasteiger partial charge in [0, 0.05) is 6.20 Å². The van der Waals surface area contributed by atoms with Gasteiger partial charge in [0.05, 0.1) is 23.2 Å². The molecule has 0 fully saturated rings. The van der Waals surface area contributed by atoms with E-state index in [1.807, 2.05) is 18.2 Å². The first-order chi connectivity index (χ1) is 10.6. The average Bonchev–Trinajstić information content (AvgIpc) is 2.87. The number of nitrogens with zero attached hydrogens (tertiary/aromatic N) is 2. The number of carboxylic acid groups (broad SMARTS) is 1. The van der Waals surface area contributed by atoms with E-state index in [2.05, 4.69) is 15.3 Å². The predicted octanol–water partition coefficient (Wildman–Crippen LogP) is 1.83. The Morgan fingerprint density at radius 2 is 2.00 bits per heavy atom. The molecule has 2 aromatic rings. The van der Waals surface area contributed by atoms with E-state index >= 15 is 0 Å². The van der Waals surface area contributed by atoms with Gasteiger partial charge in [0.25, 0.3) is 5.91 Å². The fourth-order valence-electron chi connectivity index (χ4n) is 2.86. The molecule has 1 heterocycles. The van der Waals surface area contributed by atoms with Crippen LogP contribution in [0.5, 0.6) is 0 Å². The van der Waals surface area contributed by atoms with Crippen LogP contribution < -0.4 is 5.32 Å². The van der Waals surface area contributed by atoms with Gasteiger partial charge in [0.1, 0.15) is 6.33 Å². The first kappa shape index (κ1) is 14.2. The van der Waals surface area contributed by atoms with Crippen molar-refractivity contribution in [1.29, 1.82) is 0 Å². The molecule has 0 aliphatic heterocycles. The van der Waals surface area contributed by atoms with Crippen LogP contribution in [0.4, 0.5) is 0 Å². The van der Waals surface area contributed by atoms with E-state index in [9.17, 15) is 14.7 Å². The van der Waals surface area contributed by atoms with Crippen LogP contribution in [-0.2, 0) is 4.79 Å². The number of fused-ring (bicyclic) bond motifs is 1. The number of nitrogens with one attached hydrogen (secondary N) is 1. The van der Waals surface area contributed by atoms with Crippen LogP contribution in [0.3, 0.4) is 0 Å². The number of hydrogen-bond acceptors (Lipinski definition) is 4. The molecular formula is C16H15N3O3. The van der Waals surface area contributed by atoms with E-state index in [1.54, 1.807) is 13.0 Å². The maximum atomic E-state index is 12.4. The Bertz CT molecular complexity index is 745. The quantitative estimate of drug-likeness (QED) is 0.901. The lowest BCUT2D eigenvalue weighted by Gasteiger charge is -2.14. The van der Waals surface area contributed by atoms with Gasteiger partial charge in [-0.15, -0.1) is 0 Å². The molecule has 112 valence electrons. The van der Waals surface area contributed by atoms with Crippen molar-refractivity contribution in [2.75, 3.05) is 0 Å². The van der Waals surface area contributed by atoms with Crippen molar-refractivity contribution < 1.29 is 14.7 Å². The van der Waals surface area contributed by atoms with Crippen LogP contribution in [0.15, 0.2) is 36.8 Å². The van der Waals surface area contributed by atoms with E-state index in [0.717, 1.165) is 11.1 Å². The standard InChI is InChI=1S/C16H15N3O3/c1-9-13(7-17-8-18-9)15(20)19-14-6-12(16(21)22)10-4-2-3-5-11(10)14/h2-5,7-8,12,14H,6H2,1H3,(H,19,20)(H,21,22). The summed E-state index contributed by atoms with van der Waals surface area (Å²) >= 11 is 0. The second-order valence-electron chi connectivity index (χ2n) is 5.30. The van der Waals surface area contributed by atoms with Crippen molar-refractivity contribution in [2.45, 2.75) is 25.3 Å². The third-order valence-corrected chi connectivity index (χ3v) is 3.98. The molecule has 0 radical (unpaired) electrons. The van der Waals surface area contributed by atoms with Crippen molar-refractivity contribution >= 4 is 11.9 Å². The fourth-order valence-corrected chi connectivity index (χ4v) is 2.86. The summed E-state index contributed by atoms with van der Waals surface area (Å²) in [5.41, 5.74) is 2.62. The highest BCUT2D eigenvalue weighted by molar-refractivity contribution is 5.95. The maximum absolute atomic E-state index is 12.4. The number of amides is 1. The first-order valence-electron chi connectivity index (χ1n) is 6.97. The number of carboxylic acids is 1. The summed E-state index contributed by atoms with van der Waals surface area (Å²) in [7, 11) is 0. The molecule has 2 N–H and O–H groups in total. The van der Waals surface area contributed by atoms with Crippen LogP contribution in [0.25, 0.3) is 0 Å². The van der Waals surface area contributed by atoms with Gasteiger partial charge in [-0.05, 0) is 24.5 Å². The molecule has 2 unspecified atom stereocenters. The molecular weight excluding hydrogens is 282 g/mol. The Labute approximate surface area is 127 Å². The molecule has 1 aliphatic carbocycles. The normalized spacial score (nSPS) is 19.5. The predicted molar refractivity (Wildman–Crippen MR) is 78.4 cm³/mol. The molecule has 0 spiro atoms. The number of carbonyl (C=O) groups excluding carboxylic acids is 1. The van der Waals surface area contributed by atoms with Crippen LogP contribution in [0.2, 0.25) is 0 Å². The van der Waals surface area contributed by atoms with Crippen molar-refractivity contribution in [2.24, 2.45) is 0 Å². The average molecular weight is 297 g/mol. The Kier molecular flexibility index (Phi) is 3.58. The van der Waals surface area contributed by atoms with Gasteiger partial charge < -0.3 is 10.4 Å². The van der Waals surface area contributed by atoms with E-state index in [1.165, 1.54) is 12.5 Å². The van der Waals surface area contributed by atoms with Gasteiger partial charge in [-0.2, -0.15) is 0 Å². The third-order valence-electron chi connectivity index (χ3n) is 3.98. The minimum Gasteiger partial charge on any atom is -0.481 e. The highest BCUT2D eigenvalue weighted by atomic mass is 16.4. The molecule has 6 heteroatoms. The monoisotopic (exact) mass is 297 g/mol. The molecule has 3 rings (SSSR count). The lowest BCUT2D eigenvalue weighted by molar-refractivity contribution is -0.138. The summed E-state index contributed by atoms with van der Waals surface area (Å²) in [6.07, 6.45) is 3.21. The van der Waals surface area contributed by atoms with Crippen LogP contribution in [-0.4, -0.2) is 27.0 Å². The zero-order valence-corrected chi connectivity index (χ0v) is 12.0. The Morgan fingerprint density at radius 1 is 1.27 bits per heavy atom. The summed E-state index contributed by atoms with van der Waals surface area (Å²) < 4.78 is 0. The summed E-state index contributed by atoms with van der Waals surface area (Å²) in [6, 6.07) is 7.01. The SMILES string of the molecule is Cc1ncncc1C(=O)NC1CC(C(=O)O)c2ccccc21. The topological polar surface area (TPSA) is 92.2 Å². The molecule has 1 aromatic heterocycles. The molecule has 6 nitrogen and oxygen atoms in total. The smallest absolute Gasteiger partial charge is 0.311 e. The molecule has 1 amide bonds. The van der Waals surface area contributed by atoms with Gasteiger partial charge >= 0.3 is 5.97 Å². The fraction of sp³-hybridized carbons (Fsp3) is 0.250. The summed E-state index contributed by atoms with van der Waals surface area (Å²) in [6.45, 7) is 1.74. The highest BCUT2D eigenvalue weighted by Gasteiger charge is 2.36. The van der Waals surface area contributed by atoms with E-state index in [0.29, 0.717) is 17.7 Å². The lowest BCUT2D eigenvalue weighted by atomic mass is 10.0. The van der Waals surface area contributed by atoms with Gasteiger partial charge in [0.2, 0.25) is 0 Å². The number of rotatable bonds is 3. The largest absolute Gasteiger partial charge is 0.481 e. The third kappa shape index (κ3) is 2.43. The molecule has 0 bridgehead atoms. The number of aliphatic carboxylic acids is 1. The number of hydrogen-bond donors (Lipinski definition) is 2. The van der Waals surface area contributed by atoms with E-state index in [-0.39, 0.29) is 11.9 Å². The molecule has 22 heavy (non-hydrogen) atoms. The van der Waals surface area contributed by atoms with Gasteiger partial charge in [-0.3, -0.25) is 9.59 Å². The Balaban J connectivity index is 1.87. The van der Waals surface area contributed by atoms with Crippen LogP contribution in [0.1, 0.15) is 45.6 Å². The highest BCUT2D eigenvalue weighted by Crippen LogP contribution is 2.40. The van der Waals surface area contributed by atoms with Crippen molar-refractivity contribution in [3.05, 3.63) is 59.2 Å². The summed E-state index contributed by atoms with van der Waals surface area (Å²) in [5.74, 6) is -1.75. The van der Waals surface area contributed by atoms with E-state index < -0.39 is 11.9 Å². The van der Waals surface area contributed by atoms with Gasteiger partial charge in [-0.25, -0.2) is 9.97 Å². The molecule has 1 aromatic carbocycles. The number of aryl methyl sites for hydroxylation is 1. The van der Waals surface area contributed by atoms with Crippen molar-refractivity contribution in [3.8, 4) is 0 Å². The second kappa shape index (κ2) is 5.55. The zero-order chi connectivity index (χ0) is 15.7. The molecule has 0 saturated carbocycles. The second-order valence-corrected chi connectivity index (χ2v) is 5.30. The Hall–Kier alpha value is -2.76. The maximum Gasteiger partial charge on any atom is 0.311 e. The van der Waals surface area contributed by atoms with Gasteiger partial charge in [0.15, 0.2) is 0 Å². The number of aromatic nitrogens is 2. The minimum absolute atomic E-state index is 0.288. The molecule has 1 aliphatic rings. The molecule has 2 atom stereocenters. The van der Waals surface area contributed by atoms with Crippen LogP contribution in [0, 0.1) is 6.92 Å². The van der Waals surface area contributed by atoms with Crippen molar-refractivity contribution in [1.82, 2.24) is 15.3 Å². The number of benzene rings is 1. The zero-order valence-electron chi connectivity index (χ0n) is 12.0. The molecule has 0 saturated heterocycles. The minimum atomic E-state index is -0.872. The van der Waals surface area contributed by atoms with E-state index in [4.69, 9.17) is 0 Å².